The Balaban J connectivity index is 0.00000162. The Kier molecular flexibility index (Phi) is 14.9. The van der Waals surface area contributed by atoms with E-state index < -0.39 is 0 Å². The topological polar surface area (TPSA) is 168 Å². The monoisotopic (exact) mass is 602 g/mol. The molecule has 0 spiro atoms. The standard InChI is InChI=1S/C32H40N6O2.C2H6.H4N2/c1-5-7-8-9-14-25(12-6-2)35-32(40)27-19-26(36-37-27)31(39)34-20-23-15-16-24-13-10-11-17-38(28(24)18-23)30-22(4)21(3)29(30)33;2*1-2/h6-8,12,15-16,18-19,25H,3-5,9-11,13-14,17,20,33H2,1-2H3,(H,34,39)(H,35,40)(H,36,37);1-2H3;1-2H2/b8-7+,12-6+;;. The number of nitrogens with zero attached hydrogens (tertiary/aromatic N) is 2. The molecule has 10 heteroatoms. The number of nitrogens with one attached hydrogen (secondary N) is 3. The molecular weight excluding hydrogens is 552 g/mol. The van der Waals surface area contributed by atoms with Gasteiger partial charge in [-0.05, 0) is 62.6 Å². The minimum atomic E-state index is -0.330. The predicted molar refractivity (Wildman–Crippen MR) is 180 cm³/mol. The molecule has 44 heavy (non-hydrogen) atoms. The SMILES string of the molecule is C=C1C(=C)C(N2CCCCc3ccc(CNC(=O)c4cc(C(=O)NC(/C=C/C)CC/C=C/CC)n[nH]4)cc32)=C1N.CC.NN. The van der Waals surface area contributed by atoms with Crippen LogP contribution in [0.5, 0.6) is 0 Å². The zero-order valence-electron chi connectivity index (χ0n) is 26.7. The van der Waals surface area contributed by atoms with Gasteiger partial charge in [0.1, 0.15) is 5.69 Å². The quantitative estimate of drug-likeness (QED) is 0.119. The van der Waals surface area contributed by atoms with Crippen LogP contribution >= 0.6 is 0 Å². The summed E-state index contributed by atoms with van der Waals surface area (Å²) in [6.07, 6.45) is 13.9. The number of rotatable bonds is 11. The van der Waals surface area contributed by atoms with Crippen molar-refractivity contribution in [2.75, 3.05) is 11.4 Å². The van der Waals surface area contributed by atoms with Crippen molar-refractivity contribution in [3.63, 3.8) is 0 Å². The average Bonchev–Trinajstić information content (AvgIpc) is 3.47. The summed E-state index contributed by atoms with van der Waals surface area (Å²) in [6, 6.07) is 7.65. The first-order valence-corrected chi connectivity index (χ1v) is 15.4. The fourth-order valence-corrected chi connectivity index (χ4v) is 5.06. The minimum absolute atomic E-state index is 0.109. The Bertz CT molecular complexity index is 1390. The number of H-pyrrole nitrogens is 1. The van der Waals surface area contributed by atoms with Gasteiger partial charge in [0, 0.05) is 42.0 Å². The Morgan fingerprint density at radius 3 is 2.55 bits per heavy atom. The van der Waals surface area contributed by atoms with Crippen molar-refractivity contribution in [1.82, 2.24) is 20.8 Å². The van der Waals surface area contributed by atoms with Crippen molar-refractivity contribution in [3.8, 4) is 0 Å². The largest absolute Gasteiger partial charge is 0.397 e. The lowest BCUT2D eigenvalue weighted by molar-refractivity contribution is 0.0935. The van der Waals surface area contributed by atoms with Crippen LogP contribution in [0.15, 0.2) is 84.3 Å². The molecule has 0 saturated heterocycles. The van der Waals surface area contributed by atoms with E-state index in [1.807, 2.05) is 39.0 Å². The number of hydrogen-bond donors (Lipinski definition) is 6. The van der Waals surface area contributed by atoms with E-state index in [-0.39, 0.29) is 29.2 Å². The van der Waals surface area contributed by atoms with E-state index in [0.717, 1.165) is 73.2 Å². The van der Waals surface area contributed by atoms with Gasteiger partial charge in [0.25, 0.3) is 11.8 Å². The first-order chi connectivity index (χ1) is 21.3. The number of anilines is 1. The third-order valence-electron chi connectivity index (χ3n) is 7.31. The number of hydrogen-bond acceptors (Lipinski definition) is 7. The second-order valence-electron chi connectivity index (χ2n) is 10.2. The number of aromatic nitrogens is 2. The highest BCUT2D eigenvalue weighted by molar-refractivity contribution is 5.97. The maximum absolute atomic E-state index is 12.9. The lowest BCUT2D eigenvalue weighted by Gasteiger charge is -2.37. The molecule has 238 valence electrons. The molecule has 2 aromatic rings. The maximum atomic E-state index is 12.9. The first-order valence-electron chi connectivity index (χ1n) is 15.4. The van der Waals surface area contributed by atoms with Gasteiger partial charge in [-0.25, -0.2) is 0 Å². The van der Waals surface area contributed by atoms with Crippen molar-refractivity contribution in [3.05, 3.63) is 107 Å². The van der Waals surface area contributed by atoms with E-state index in [2.05, 4.69) is 81.8 Å². The molecule has 0 fully saturated rings. The van der Waals surface area contributed by atoms with Crippen LogP contribution < -0.4 is 33.0 Å². The molecule has 0 saturated carbocycles. The molecular formula is C34H50N8O2. The third-order valence-corrected chi connectivity index (χ3v) is 7.31. The number of hydrazine groups is 1. The predicted octanol–water partition coefficient (Wildman–Crippen LogP) is 5.04. The summed E-state index contributed by atoms with van der Waals surface area (Å²) >= 11 is 0. The van der Waals surface area contributed by atoms with Gasteiger partial charge in [0.2, 0.25) is 0 Å². The van der Waals surface area contributed by atoms with Gasteiger partial charge in [-0.3, -0.25) is 26.4 Å². The fraction of sp³-hybridized carbons (Fsp3) is 0.382. The van der Waals surface area contributed by atoms with Crippen LogP contribution in [0.25, 0.3) is 0 Å². The molecule has 10 nitrogen and oxygen atoms in total. The summed E-state index contributed by atoms with van der Waals surface area (Å²) in [6.45, 7) is 17.3. The molecule has 2 aliphatic rings. The Hall–Kier alpha value is -4.41. The lowest BCUT2D eigenvalue weighted by Crippen LogP contribution is -2.34. The second-order valence-corrected chi connectivity index (χ2v) is 10.2. The molecule has 1 aromatic carbocycles. The molecule has 0 bridgehead atoms. The zero-order chi connectivity index (χ0) is 32.6. The smallest absolute Gasteiger partial charge is 0.272 e. The van der Waals surface area contributed by atoms with Gasteiger partial charge in [-0.1, -0.05) is 70.4 Å². The minimum Gasteiger partial charge on any atom is -0.397 e. The second kappa shape index (κ2) is 18.3. The van der Waals surface area contributed by atoms with E-state index in [4.69, 9.17) is 5.73 Å². The Labute approximate surface area is 262 Å². The highest BCUT2D eigenvalue weighted by Crippen LogP contribution is 2.41. The van der Waals surface area contributed by atoms with Gasteiger partial charge in [0.15, 0.2) is 5.69 Å². The van der Waals surface area contributed by atoms with Gasteiger partial charge in [-0.15, -0.1) is 0 Å². The highest BCUT2D eigenvalue weighted by atomic mass is 16.2. The average molecular weight is 603 g/mol. The fourth-order valence-electron chi connectivity index (χ4n) is 5.06. The molecule has 2 heterocycles. The molecule has 1 aliphatic heterocycles. The normalized spacial score (nSPS) is 15.0. The van der Waals surface area contributed by atoms with Crippen molar-refractivity contribution >= 4 is 17.5 Å². The third kappa shape index (κ3) is 9.05. The number of aryl methyl sites for hydroxylation is 1. The summed E-state index contributed by atoms with van der Waals surface area (Å²) in [5, 5.41) is 12.7. The number of nitrogens with two attached hydrogens (primary N) is 3. The van der Waals surface area contributed by atoms with Gasteiger partial charge < -0.3 is 21.3 Å². The number of aromatic amines is 1. The van der Waals surface area contributed by atoms with Crippen LogP contribution in [0.1, 0.15) is 91.9 Å². The van der Waals surface area contributed by atoms with E-state index in [9.17, 15) is 9.59 Å². The van der Waals surface area contributed by atoms with E-state index in [1.165, 1.54) is 11.6 Å². The molecule has 2 amide bonds. The summed E-state index contributed by atoms with van der Waals surface area (Å²) in [5.74, 6) is 7.35. The van der Waals surface area contributed by atoms with E-state index in [1.54, 1.807) is 0 Å². The zero-order valence-corrected chi connectivity index (χ0v) is 26.7. The van der Waals surface area contributed by atoms with Crippen LogP contribution in [-0.2, 0) is 13.0 Å². The molecule has 0 radical (unpaired) electrons. The van der Waals surface area contributed by atoms with Crippen LogP contribution in [-0.4, -0.2) is 34.6 Å². The van der Waals surface area contributed by atoms with Crippen LogP contribution in [0.3, 0.4) is 0 Å². The Morgan fingerprint density at radius 2 is 1.86 bits per heavy atom. The molecule has 9 N–H and O–H groups in total. The van der Waals surface area contributed by atoms with E-state index >= 15 is 0 Å². The van der Waals surface area contributed by atoms with Crippen LogP contribution in [0.4, 0.5) is 5.69 Å². The first kappa shape index (κ1) is 35.8. The van der Waals surface area contributed by atoms with Gasteiger partial charge >= 0.3 is 0 Å². The van der Waals surface area contributed by atoms with Crippen molar-refractivity contribution in [2.24, 2.45) is 17.4 Å². The van der Waals surface area contributed by atoms with Gasteiger partial charge in [0.05, 0.1) is 11.4 Å². The molecule has 1 aliphatic carbocycles. The summed E-state index contributed by atoms with van der Waals surface area (Å²) in [5.41, 5.74) is 13.3. The molecule has 4 rings (SSSR count). The summed E-state index contributed by atoms with van der Waals surface area (Å²) in [4.78, 5) is 27.9. The molecule has 1 unspecified atom stereocenters. The number of carbonyl (C=O) groups excluding carboxylic acids is 2. The molecule has 1 aromatic heterocycles. The van der Waals surface area contributed by atoms with Crippen LogP contribution in [0, 0.1) is 0 Å². The van der Waals surface area contributed by atoms with Crippen molar-refractivity contribution < 1.29 is 9.59 Å². The number of allylic oxidation sites excluding steroid dienone is 5. The number of carbonyl (C=O) groups is 2. The number of amides is 2. The number of fused-ring (bicyclic) bond motifs is 1. The highest BCUT2D eigenvalue weighted by Gasteiger charge is 2.31. The van der Waals surface area contributed by atoms with Crippen LogP contribution in [0.2, 0.25) is 0 Å². The van der Waals surface area contributed by atoms with Crippen molar-refractivity contribution in [2.45, 2.75) is 78.8 Å². The van der Waals surface area contributed by atoms with Crippen molar-refractivity contribution in [1.29, 1.82) is 0 Å². The lowest BCUT2D eigenvalue weighted by atomic mass is 9.88. The van der Waals surface area contributed by atoms with E-state index in [0.29, 0.717) is 12.2 Å². The summed E-state index contributed by atoms with van der Waals surface area (Å²) < 4.78 is 0. The maximum Gasteiger partial charge on any atom is 0.272 e. The number of benzene rings is 1. The Morgan fingerprint density at radius 1 is 1.11 bits per heavy atom. The summed E-state index contributed by atoms with van der Waals surface area (Å²) in [7, 11) is 0. The molecule has 1 atom stereocenters. The van der Waals surface area contributed by atoms with Gasteiger partial charge in [-0.2, -0.15) is 5.10 Å².